The van der Waals surface area contributed by atoms with Gasteiger partial charge in [0.2, 0.25) is 0 Å². The SMILES string of the molecule is Cc1nc(Cn2c(C(/C=C\C3CC(C)CCCN3)=C/N)nc3c(Cl)c(B(O)O)ccc32)co1. The summed E-state index contributed by atoms with van der Waals surface area (Å²) >= 11 is 6.50. The highest BCUT2D eigenvalue weighted by Crippen LogP contribution is 2.28. The zero-order chi connectivity index (χ0) is 23.5. The standard InChI is InChI=1S/C23H29BClN5O3/c1-14-4-3-9-27-17(10-14)6-5-16(11-26)23-29-22-20(8-7-19(21(22)25)24(31)32)30(23)12-18-13-33-15(2)28-18/h5-8,11,13-14,17,27,31-32H,3-4,9-10,12,26H2,1-2H3/b6-5-,16-11+. The predicted molar refractivity (Wildman–Crippen MR) is 131 cm³/mol. The first-order chi connectivity index (χ1) is 15.9. The summed E-state index contributed by atoms with van der Waals surface area (Å²) < 4.78 is 7.33. The zero-order valence-corrected chi connectivity index (χ0v) is 19.6. The lowest BCUT2D eigenvalue weighted by atomic mass is 9.80. The van der Waals surface area contributed by atoms with E-state index in [0.717, 1.165) is 29.7 Å². The molecule has 0 aliphatic carbocycles. The molecule has 0 amide bonds. The molecule has 2 aromatic heterocycles. The number of benzene rings is 1. The molecule has 174 valence electrons. The molecule has 5 N–H and O–H groups in total. The van der Waals surface area contributed by atoms with Crippen LogP contribution in [0.3, 0.4) is 0 Å². The summed E-state index contributed by atoms with van der Waals surface area (Å²) in [5.41, 5.74) is 8.90. The number of fused-ring (bicyclic) bond motifs is 1. The Bertz CT molecular complexity index is 1190. The second-order valence-corrected chi connectivity index (χ2v) is 8.99. The van der Waals surface area contributed by atoms with Crippen LogP contribution >= 0.6 is 11.6 Å². The van der Waals surface area contributed by atoms with Crippen LogP contribution in [0.25, 0.3) is 16.6 Å². The van der Waals surface area contributed by atoms with Gasteiger partial charge in [-0.1, -0.05) is 36.7 Å². The number of aryl methyl sites for hydroxylation is 1. The molecule has 8 nitrogen and oxygen atoms in total. The number of hydrogen-bond donors (Lipinski definition) is 4. The fourth-order valence-electron chi connectivity index (χ4n) is 4.34. The lowest BCUT2D eigenvalue weighted by Crippen LogP contribution is -2.30. The van der Waals surface area contributed by atoms with Crippen LogP contribution in [0, 0.1) is 12.8 Å². The monoisotopic (exact) mass is 469 g/mol. The number of aromatic nitrogens is 3. The van der Waals surface area contributed by atoms with Crippen molar-refractivity contribution in [3.63, 3.8) is 0 Å². The van der Waals surface area contributed by atoms with Gasteiger partial charge in [0.1, 0.15) is 17.6 Å². The first kappa shape index (κ1) is 23.6. The van der Waals surface area contributed by atoms with Crippen LogP contribution < -0.4 is 16.5 Å². The van der Waals surface area contributed by atoms with Crippen LogP contribution in [0.1, 0.15) is 43.6 Å². The van der Waals surface area contributed by atoms with Gasteiger partial charge >= 0.3 is 7.12 Å². The Morgan fingerprint density at radius 2 is 2.21 bits per heavy atom. The van der Waals surface area contributed by atoms with Crippen molar-refractivity contribution in [2.75, 3.05) is 6.54 Å². The van der Waals surface area contributed by atoms with Gasteiger partial charge in [-0.3, -0.25) is 0 Å². The lowest BCUT2D eigenvalue weighted by Gasteiger charge is -2.14. The van der Waals surface area contributed by atoms with E-state index in [0.29, 0.717) is 29.7 Å². The molecule has 1 aromatic carbocycles. The highest BCUT2D eigenvalue weighted by atomic mass is 35.5. The predicted octanol–water partition coefficient (Wildman–Crippen LogP) is 2.35. The second kappa shape index (κ2) is 10.1. The fourth-order valence-corrected chi connectivity index (χ4v) is 4.64. The summed E-state index contributed by atoms with van der Waals surface area (Å²) in [6, 6.07) is 3.61. The number of nitrogens with two attached hydrogens (primary N) is 1. The normalized spacial score (nSPS) is 20.0. The minimum Gasteiger partial charge on any atom is -0.449 e. The molecule has 1 saturated heterocycles. The van der Waals surface area contributed by atoms with E-state index in [2.05, 4.69) is 23.3 Å². The van der Waals surface area contributed by atoms with Gasteiger partial charge in [0.05, 0.1) is 22.8 Å². The van der Waals surface area contributed by atoms with Crippen LogP contribution in [0.4, 0.5) is 0 Å². The van der Waals surface area contributed by atoms with E-state index in [4.69, 9.17) is 26.7 Å². The van der Waals surface area contributed by atoms with E-state index in [1.807, 2.05) is 10.6 Å². The number of imidazole rings is 1. The molecule has 0 spiro atoms. The van der Waals surface area contributed by atoms with Crippen molar-refractivity contribution in [2.24, 2.45) is 11.7 Å². The van der Waals surface area contributed by atoms with Gasteiger partial charge in [0, 0.05) is 30.2 Å². The minimum absolute atomic E-state index is 0.193. The van der Waals surface area contributed by atoms with Crippen LogP contribution in [-0.2, 0) is 6.54 Å². The summed E-state index contributed by atoms with van der Waals surface area (Å²) in [6.45, 7) is 5.45. The Kier molecular flexibility index (Phi) is 7.24. The van der Waals surface area contributed by atoms with Crippen molar-refractivity contribution in [1.82, 2.24) is 19.9 Å². The number of allylic oxidation sites excluding steroid dienone is 2. The largest absolute Gasteiger partial charge is 0.490 e. The summed E-state index contributed by atoms with van der Waals surface area (Å²) in [7, 11) is -1.69. The number of rotatable bonds is 6. The second-order valence-electron chi connectivity index (χ2n) is 8.61. The van der Waals surface area contributed by atoms with E-state index < -0.39 is 7.12 Å². The van der Waals surface area contributed by atoms with Gasteiger partial charge in [-0.2, -0.15) is 0 Å². The molecule has 1 aliphatic rings. The Morgan fingerprint density at radius 1 is 1.39 bits per heavy atom. The van der Waals surface area contributed by atoms with Gasteiger partial charge in [-0.05, 0) is 37.8 Å². The van der Waals surface area contributed by atoms with Gasteiger partial charge in [-0.25, -0.2) is 9.97 Å². The molecule has 4 rings (SSSR count). The summed E-state index contributed by atoms with van der Waals surface area (Å²) in [5, 5.41) is 23.1. The number of oxazole rings is 1. The molecular formula is C23H29BClN5O3. The van der Waals surface area contributed by atoms with Crippen molar-refractivity contribution in [3.8, 4) is 0 Å². The smallest absolute Gasteiger partial charge is 0.449 e. The molecule has 3 aromatic rings. The molecule has 10 heteroatoms. The fraction of sp³-hybridized carbons (Fsp3) is 0.391. The first-order valence-electron chi connectivity index (χ1n) is 11.2. The third kappa shape index (κ3) is 5.17. The molecule has 3 heterocycles. The quantitative estimate of drug-likeness (QED) is 0.323. The topological polar surface area (TPSA) is 122 Å². The highest BCUT2D eigenvalue weighted by molar-refractivity contribution is 6.63. The highest BCUT2D eigenvalue weighted by Gasteiger charge is 2.23. The average molecular weight is 470 g/mol. The van der Waals surface area contributed by atoms with E-state index >= 15 is 0 Å². The maximum Gasteiger partial charge on any atom is 0.490 e. The van der Waals surface area contributed by atoms with Gasteiger partial charge < -0.3 is 30.1 Å². The average Bonchev–Trinajstić information content (AvgIpc) is 3.28. The van der Waals surface area contributed by atoms with Crippen LogP contribution in [0.5, 0.6) is 0 Å². The molecule has 2 unspecified atom stereocenters. The van der Waals surface area contributed by atoms with Gasteiger partial charge in [-0.15, -0.1) is 0 Å². The Hall–Kier alpha value is -2.59. The van der Waals surface area contributed by atoms with Crippen molar-refractivity contribution in [2.45, 2.75) is 45.7 Å². The molecule has 1 fully saturated rings. The van der Waals surface area contributed by atoms with Crippen molar-refractivity contribution < 1.29 is 14.5 Å². The van der Waals surface area contributed by atoms with E-state index in [1.54, 1.807) is 25.3 Å². The molecular weight excluding hydrogens is 441 g/mol. The Balaban J connectivity index is 1.77. The minimum atomic E-state index is -1.69. The number of hydrogen-bond acceptors (Lipinski definition) is 7. The van der Waals surface area contributed by atoms with Crippen molar-refractivity contribution in [1.29, 1.82) is 0 Å². The molecule has 0 saturated carbocycles. The number of halogens is 1. The summed E-state index contributed by atoms with van der Waals surface area (Å²) in [5.74, 6) is 1.84. The Morgan fingerprint density at radius 3 is 2.91 bits per heavy atom. The molecule has 0 radical (unpaired) electrons. The zero-order valence-electron chi connectivity index (χ0n) is 18.8. The maximum absolute atomic E-state index is 9.67. The summed E-state index contributed by atoms with van der Waals surface area (Å²) in [6.07, 6.45) is 10.7. The van der Waals surface area contributed by atoms with Gasteiger partial charge in [0.25, 0.3) is 0 Å². The molecule has 1 aliphatic heterocycles. The summed E-state index contributed by atoms with van der Waals surface area (Å²) in [4.78, 5) is 9.18. The molecule has 0 bridgehead atoms. The Labute approximate surface area is 198 Å². The van der Waals surface area contributed by atoms with E-state index in [-0.39, 0.29) is 16.5 Å². The van der Waals surface area contributed by atoms with Crippen molar-refractivity contribution in [3.05, 3.63) is 59.2 Å². The third-order valence-corrected chi connectivity index (χ3v) is 6.43. The van der Waals surface area contributed by atoms with Crippen LogP contribution in [0.2, 0.25) is 5.02 Å². The number of nitrogens with one attached hydrogen (secondary N) is 1. The van der Waals surface area contributed by atoms with Crippen molar-refractivity contribution >= 4 is 40.8 Å². The third-order valence-electron chi connectivity index (χ3n) is 6.04. The lowest BCUT2D eigenvalue weighted by molar-refractivity contribution is 0.426. The molecule has 33 heavy (non-hydrogen) atoms. The maximum atomic E-state index is 9.67. The molecule has 2 atom stereocenters. The van der Waals surface area contributed by atoms with Gasteiger partial charge in [0.15, 0.2) is 5.89 Å². The first-order valence-corrected chi connectivity index (χ1v) is 11.5. The van der Waals surface area contributed by atoms with Crippen LogP contribution in [0.15, 0.2) is 41.2 Å². The van der Waals surface area contributed by atoms with E-state index in [1.165, 1.54) is 19.0 Å². The number of nitrogens with zero attached hydrogens (tertiary/aromatic N) is 3. The van der Waals surface area contributed by atoms with E-state index in [9.17, 15) is 10.0 Å². The van der Waals surface area contributed by atoms with Crippen LogP contribution in [-0.4, -0.2) is 44.3 Å².